The minimum atomic E-state index is -0.692. The van der Waals surface area contributed by atoms with Crippen LogP contribution in [0.4, 0.5) is 5.69 Å². The van der Waals surface area contributed by atoms with Gasteiger partial charge in [0.05, 0.1) is 19.1 Å². The summed E-state index contributed by atoms with van der Waals surface area (Å²) in [5.41, 5.74) is 1.37. The number of benzene rings is 2. The first-order valence-corrected chi connectivity index (χ1v) is 9.77. The zero-order chi connectivity index (χ0) is 21.9. The molecule has 7 nitrogen and oxygen atoms in total. The molecule has 0 aliphatic heterocycles. The lowest BCUT2D eigenvalue weighted by Crippen LogP contribution is -2.36. The molecular weight excluding hydrogens is 408 g/mol. The first-order valence-electron chi connectivity index (χ1n) is 9.40. The second-order valence-corrected chi connectivity index (χ2v) is 6.62. The van der Waals surface area contributed by atoms with Crippen molar-refractivity contribution in [2.24, 2.45) is 0 Å². The van der Waals surface area contributed by atoms with Gasteiger partial charge in [-0.05, 0) is 49.7 Å². The summed E-state index contributed by atoms with van der Waals surface area (Å²) in [4.78, 5) is 26.0. The van der Waals surface area contributed by atoms with Gasteiger partial charge < -0.3 is 19.1 Å². The van der Waals surface area contributed by atoms with E-state index in [9.17, 15) is 9.59 Å². The molecule has 0 saturated heterocycles. The number of esters is 1. The summed E-state index contributed by atoms with van der Waals surface area (Å²) in [6.45, 7) is 3.46. The Morgan fingerprint density at radius 3 is 2.43 bits per heavy atom. The number of aryl methyl sites for hydroxylation is 1. The molecule has 0 aliphatic carbocycles. The Kier molecular flexibility index (Phi) is 8.98. The first kappa shape index (κ1) is 23.0. The van der Waals surface area contributed by atoms with Crippen molar-refractivity contribution in [3.05, 3.63) is 53.1 Å². The highest BCUT2D eigenvalue weighted by Crippen LogP contribution is 2.26. The van der Waals surface area contributed by atoms with Crippen LogP contribution in [0.25, 0.3) is 0 Å². The number of carbonyl (C=O) groups is 2. The fourth-order valence-corrected chi connectivity index (χ4v) is 2.72. The molecule has 158 valence electrons. The highest BCUT2D eigenvalue weighted by molar-refractivity contribution is 6.31. The fraction of sp³-hybridized carbons (Fsp3) is 0.318. The Labute approximate surface area is 180 Å². The summed E-state index contributed by atoms with van der Waals surface area (Å²) in [5.74, 6) is -0.211. The Hall–Kier alpha value is -3.24. The molecule has 0 bridgehead atoms. The van der Waals surface area contributed by atoms with Crippen LogP contribution in [0.2, 0.25) is 5.02 Å². The van der Waals surface area contributed by atoms with Gasteiger partial charge in [0.25, 0.3) is 5.91 Å². The maximum atomic E-state index is 12.6. The Morgan fingerprint density at radius 1 is 1.10 bits per heavy atom. The number of halogens is 1. The van der Waals surface area contributed by atoms with E-state index >= 15 is 0 Å². The van der Waals surface area contributed by atoms with Crippen molar-refractivity contribution in [1.82, 2.24) is 0 Å². The second kappa shape index (κ2) is 11.7. The summed E-state index contributed by atoms with van der Waals surface area (Å²) >= 11 is 6.04. The quantitative estimate of drug-likeness (QED) is 0.531. The van der Waals surface area contributed by atoms with Crippen molar-refractivity contribution in [3.63, 3.8) is 0 Å². The van der Waals surface area contributed by atoms with Crippen molar-refractivity contribution in [2.75, 3.05) is 31.3 Å². The molecule has 1 amide bonds. The third kappa shape index (κ3) is 6.68. The summed E-state index contributed by atoms with van der Waals surface area (Å²) in [6, 6.07) is 14.1. The predicted octanol–water partition coefficient (Wildman–Crippen LogP) is 3.92. The minimum absolute atomic E-state index is 0.138. The van der Waals surface area contributed by atoms with Crippen LogP contribution in [0, 0.1) is 18.3 Å². The number of rotatable bonds is 10. The van der Waals surface area contributed by atoms with Gasteiger partial charge in [-0.15, -0.1) is 0 Å². The standard InChI is InChI=1S/C22H23ClN2O5/c1-3-28-19-7-4-5-8-20(19)29-15-22(27)30-14-21(26)25(12-6-11-24)17-9-10-18(23)16(2)13-17/h4-5,7-10,13H,3,6,12,14-15H2,1-2H3. The SMILES string of the molecule is CCOc1ccccc1OCC(=O)OCC(=O)N(CCC#N)c1ccc(Cl)c(C)c1. The van der Waals surface area contributed by atoms with Crippen LogP contribution in [-0.4, -0.2) is 38.2 Å². The van der Waals surface area contributed by atoms with E-state index in [0.29, 0.717) is 28.8 Å². The van der Waals surface area contributed by atoms with Gasteiger partial charge in [-0.2, -0.15) is 5.26 Å². The molecule has 8 heteroatoms. The topological polar surface area (TPSA) is 88.9 Å². The average Bonchev–Trinajstić information content (AvgIpc) is 2.74. The summed E-state index contributed by atoms with van der Waals surface area (Å²) in [5, 5.41) is 9.45. The van der Waals surface area contributed by atoms with Crippen LogP contribution in [-0.2, 0) is 14.3 Å². The highest BCUT2D eigenvalue weighted by atomic mass is 35.5. The van der Waals surface area contributed by atoms with E-state index in [-0.39, 0.29) is 19.6 Å². The van der Waals surface area contributed by atoms with Crippen molar-refractivity contribution in [2.45, 2.75) is 20.3 Å². The van der Waals surface area contributed by atoms with E-state index in [1.165, 1.54) is 4.90 Å². The maximum absolute atomic E-state index is 12.6. The smallest absolute Gasteiger partial charge is 0.344 e. The first-order chi connectivity index (χ1) is 14.5. The molecule has 0 fully saturated rings. The van der Waals surface area contributed by atoms with Gasteiger partial charge in [0.15, 0.2) is 24.7 Å². The number of para-hydroxylation sites is 2. The number of hydrogen-bond acceptors (Lipinski definition) is 6. The van der Waals surface area contributed by atoms with Crippen LogP contribution in [0.3, 0.4) is 0 Å². The van der Waals surface area contributed by atoms with Crippen molar-refractivity contribution >= 4 is 29.2 Å². The molecule has 0 saturated carbocycles. The molecule has 0 spiro atoms. The van der Waals surface area contributed by atoms with Crippen LogP contribution in [0.1, 0.15) is 18.9 Å². The lowest BCUT2D eigenvalue weighted by atomic mass is 10.2. The predicted molar refractivity (Wildman–Crippen MR) is 113 cm³/mol. The molecular formula is C22H23ClN2O5. The number of hydrogen-bond donors (Lipinski definition) is 0. The molecule has 0 atom stereocenters. The Bertz CT molecular complexity index is 926. The molecule has 0 aromatic heterocycles. The van der Waals surface area contributed by atoms with Crippen molar-refractivity contribution in [1.29, 1.82) is 5.26 Å². The zero-order valence-electron chi connectivity index (χ0n) is 16.9. The lowest BCUT2D eigenvalue weighted by molar-refractivity contribution is -0.149. The molecule has 30 heavy (non-hydrogen) atoms. The number of carbonyl (C=O) groups excluding carboxylic acids is 2. The lowest BCUT2D eigenvalue weighted by Gasteiger charge is -2.22. The Balaban J connectivity index is 1.95. The molecule has 0 N–H and O–H groups in total. The van der Waals surface area contributed by atoms with E-state index in [4.69, 9.17) is 31.1 Å². The van der Waals surface area contributed by atoms with E-state index < -0.39 is 18.5 Å². The highest BCUT2D eigenvalue weighted by Gasteiger charge is 2.18. The van der Waals surface area contributed by atoms with Crippen LogP contribution >= 0.6 is 11.6 Å². The van der Waals surface area contributed by atoms with Gasteiger partial charge in [0.1, 0.15) is 0 Å². The Morgan fingerprint density at radius 2 is 1.80 bits per heavy atom. The van der Waals surface area contributed by atoms with Gasteiger partial charge in [0, 0.05) is 17.3 Å². The van der Waals surface area contributed by atoms with Gasteiger partial charge in [-0.3, -0.25) is 4.79 Å². The zero-order valence-corrected chi connectivity index (χ0v) is 17.6. The van der Waals surface area contributed by atoms with Crippen LogP contribution in [0.5, 0.6) is 11.5 Å². The van der Waals surface area contributed by atoms with E-state index in [1.807, 2.05) is 19.9 Å². The second-order valence-electron chi connectivity index (χ2n) is 6.22. The largest absolute Gasteiger partial charge is 0.490 e. The summed E-state index contributed by atoms with van der Waals surface area (Å²) < 4.78 is 15.9. The van der Waals surface area contributed by atoms with E-state index in [1.54, 1.807) is 42.5 Å². The third-order valence-corrected chi connectivity index (χ3v) is 4.48. The fourth-order valence-electron chi connectivity index (χ4n) is 2.60. The molecule has 2 rings (SSSR count). The van der Waals surface area contributed by atoms with Gasteiger partial charge in [0.2, 0.25) is 0 Å². The maximum Gasteiger partial charge on any atom is 0.344 e. The number of nitrogens with zero attached hydrogens (tertiary/aromatic N) is 2. The third-order valence-electron chi connectivity index (χ3n) is 4.05. The number of nitriles is 1. The molecule has 0 unspecified atom stereocenters. The van der Waals surface area contributed by atoms with E-state index in [0.717, 1.165) is 5.56 Å². The van der Waals surface area contributed by atoms with Crippen LogP contribution in [0.15, 0.2) is 42.5 Å². The summed E-state index contributed by atoms with van der Waals surface area (Å²) in [6.07, 6.45) is 0.138. The van der Waals surface area contributed by atoms with Gasteiger partial charge in [-0.1, -0.05) is 23.7 Å². The number of anilines is 1. The molecule has 2 aromatic rings. The number of ether oxygens (including phenoxy) is 3. The molecule has 0 radical (unpaired) electrons. The van der Waals surface area contributed by atoms with E-state index in [2.05, 4.69) is 0 Å². The minimum Gasteiger partial charge on any atom is -0.490 e. The van der Waals surface area contributed by atoms with Crippen molar-refractivity contribution < 1.29 is 23.8 Å². The average molecular weight is 431 g/mol. The van der Waals surface area contributed by atoms with Gasteiger partial charge >= 0.3 is 5.97 Å². The normalized spacial score (nSPS) is 10.1. The number of amides is 1. The monoisotopic (exact) mass is 430 g/mol. The van der Waals surface area contributed by atoms with Crippen LogP contribution < -0.4 is 14.4 Å². The van der Waals surface area contributed by atoms with Gasteiger partial charge in [-0.25, -0.2) is 4.79 Å². The molecule has 2 aromatic carbocycles. The molecule has 0 heterocycles. The van der Waals surface area contributed by atoms with Crippen molar-refractivity contribution in [3.8, 4) is 17.6 Å². The summed E-state index contributed by atoms with van der Waals surface area (Å²) in [7, 11) is 0. The molecule has 0 aliphatic rings.